The summed E-state index contributed by atoms with van der Waals surface area (Å²) in [6, 6.07) is 7.08. The molecule has 0 radical (unpaired) electrons. The lowest BCUT2D eigenvalue weighted by molar-refractivity contribution is -0.117. The average molecular weight is 272 g/mol. The monoisotopic (exact) mass is 272 g/mol. The summed E-state index contributed by atoms with van der Waals surface area (Å²) in [5.74, 6) is 0.451. The van der Waals surface area contributed by atoms with Gasteiger partial charge in [-0.2, -0.15) is 0 Å². The van der Waals surface area contributed by atoms with Crippen molar-refractivity contribution in [3.8, 4) is 0 Å². The number of ketones is 1. The van der Waals surface area contributed by atoms with Crippen molar-refractivity contribution in [3.05, 3.63) is 29.3 Å². The number of piperazine rings is 1. The van der Waals surface area contributed by atoms with E-state index in [1.807, 2.05) is 0 Å². The largest absolute Gasteiger partial charge is 0.369 e. The Balaban J connectivity index is 1.64. The fourth-order valence-corrected chi connectivity index (χ4v) is 3.51. The number of hydrogen-bond acceptors (Lipinski definition) is 3. The van der Waals surface area contributed by atoms with E-state index in [1.54, 1.807) is 0 Å². The molecule has 1 atom stereocenters. The summed E-state index contributed by atoms with van der Waals surface area (Å²) in [6.45, 7) is 8.73. The highest BCUT2D eigenvalue weighted by Gasteiger charge is 2.30. The Kier molecular flexibility index (Phi) is 3.79. The molecule has 0 spiro atoms. The van der Waals surface area contributed by atoms with Crippen molar-refractivity contribution >= 4 is 11.5 Å². The Morgan fingerprint density at radius 1 is 1.10 bits per heavy atom. The molecule has 2 aliphatic rings. The van der Waals surface area contributed by atoms with Crippen LogP contribution >= 0.6 is 0 Å². The summed E-state index contributed by atoms with van der Waals surface area (Å²) in [6.07, 6.45) is 2.65. The number of carbonyl (C=O) groups is 1. The van der Waals surface area contributed by atoms with Gasteiger partial charge in [0.2, 0.25) is 0 Å². The molecule has 1 aromatic rings. The molecule has 3 heteroatoms. The lowest BCUT2D eigenvalue weighted by atomic mass is 10.1. The first-order valence-electron chi connectivity index (χ1n) is 7.72. The van der Waals surface area contributed by atoms with Gasteiger partial charge in [-0.1, -0.05) is 12.1 Å². The predicted octanol–water partition coefficient (Wildman–Crippen LogP) is 2.55. The van der Waals surface area contributed by atoms with Crippen LogP contribution in [-0.2, 0) is 4.79 Å². The summed E-state index contributed by atoms with van der Waals surface area (Å²) in [7, 11) is 0. The first-order valence-corrected chi connectivity index (χ1v) is 7.72. The fourth-order valence-electron chi connectivity index (χ4n) is 3.51. The molecule has 3 nitrogen and oxygen atoms in total. The summed E-state index contributed by atoms with van der Waals surface area (Å²) < 4.78 is 0. The van der Waals surface area contributed by atoms with Crippen molar-refractivity contribution in [1.82, 2.24) is 4.90 Å². The summed E-state index contributed by atoms with van der Waals surface area (Å²) in [5.41, 5.74) is 4.15. The van der Waals surface area contributed by atoms with Crippen molar-refractivity contribution < 1.29 is 4.79 Å². The van der Waals surface area contributed by atoms with E-state index in [0.29, 0.717) is 11.8 Å². The van der Waals surface area contributed by atoms with Crippen LogP contribution in [-0.4, -0.2) is 42.9 Å². The molecule has 108 valence electrons. The highest BCUT2D eigenvalue weighted by molar-refractivity contribution is 5.81. The molecule has 20 heavy (non-hydrogen) atoms. The van der Waals surface area contributed by atoms with Crippen LogP contribution in [0, 0.1) is 13.8 Å². The number of Topliss-reactive ketones (excluding diaryl/α,β-unsaturated/α-hetero) is 1. The molecule has 1 aliphatic carbocycles. The minimum absolute atomic E-state index is 0.451. The van der Waals surface area contributed by atoms with Crippen LogP contribution < -0.4 is 4.90 Å². The number of aryl methyl sites for hydroxylation is 1. The van der Waals surface area contributed by atoms with Gasteiger partial charge in [0.15, 0.2) is 0 Å². The van der Waals surface area contributed by atoms with Gasteiger partial charge in [0, 0.05) is 50.7 Å². The number of rotatable bonds is 2. The minimum Gasteiger partial charge on any atom is -0.369 e. The third kappa shape index (κ3) is 2.59. The van der Waals surface area contributed by atoms with E-state index in [2.05, 4.69) is 41.8 Å². The molecule has 1 saturated heterocycles. The molecule has 0 aromatic heterocycles. The summed E-state index contributed by atoms with van der Waals surface area (Å²) >= 11 is 0. The summed E-state index contributed by atoms with van der Waals surface area (Å²) in [5, 5.41) is 0. The van der Waals surface area contributed by atoms with E-state index in [4.69, 9.17) is 0 Å². The third-order valence-electron chi connectivity index (χ3n) is 4.97. The maximum absolute atomic E-state index is 11.4. The van der Waals surface area contributed by atoms with Crippen molar-refractivity contribution in [2.24, 2.45) is 0 Å². The van der Waals surface area contributed by atoms with E-state index >= 15 is 0 Å². The van der Waals surface area contributed by atoms with Gasteiger partial charge in [0.1, 0.15) is 5.78 Å². The van der Waals surface area contributed by atoms with Crippen molar-refractivity contribution in [3.63, 3.8) is 0 Å². The lowest BCUT2D eigenvalue weighted by Crippen LogP contribution is -2.50. The van der Waals surface area contributed by atoms with E-state index in [-0.39, 0.29) is 0 Å². The second-order valence-corrected chi connectivity index (χ2v) is 6.18. The Bertz CT molecular complexity index is 504. The van der Waals surface area contributed by atoms with Crippen molar-refractivity contribution in [2.75, 3.05) is 31.1 Å². The zero-order chi connectivity index (χ0) is 14.1. The van der Waals surface area contributed by atoms with Gasteiger partial charge in [-0.3, -0.25) is 9.69 Å². The Hall–Kier alpha value is -1.35. The first-order chi connectivity index (χ1) is 9.65. The average Bonchev–Trinajstić information content (AvgIpc) is 2.89. The molecule has 1 aliphatic heterocycles. The molecule has 0 N–H and O–H groups in total. The lowest BCUT2D eigenvalue weighted by Gasteiger charge is -2.39. The smallest absolute Gasteiger partial charge is 0.134 e. The molecule has 1 heterocycles. The number of nitrogens with zero attached hydrogens (tertiary/aromatic N) is 2. The van der Waals surface area contributed by atoms with Crippen molar-refractivity contribution in [1.29, 1.82) is 0 Å². The zero-order valence-electron chi connectivity index (χ0n) is 12.6. The van der Waals surface area contributed by atoms with Crippen LogP contribution in [0.15, 0.2) is 18.2 Å². The second kappa shape index (κ2) is 5.57. The summed E-state index contributed by atoms with van der Waals surface area (Å²) in [4.78, 5) is 16.4. The van der Waals surface area contributed by atoms with Crippen LogP contribution in [0.3, 0.4) is 0 Å². The maximum atomic E-state index is 11.4. The number of hydrogen-bond donors (Lipinski definition) is 0. The van der Waals surface area contributed by atoms with Crippen LogP contribution in [0.1, 0.15) is 30.4 Å². The molecule has 3 rings (SSSR count). The van der Waals surface area contributed by atoms with Crippen LogP contribution in [0.25, 0.3) is 0 Å². The Morgan fingerprint density at radius 2 is 1.85 bits per heavy atom. The number of anilines is 1. The standard InChI is InChI=1S/C17H24N2O/c1-13-4-3-5-17(14(13)2)19-10-8-18(9-11-19)15-6-7-16(20)12-15/h3-5,15H,6-12H2,1-2H3. The quantitative estimate of drug-likeness (QED) is 0.826. The molecule has 1 saturated carbocycles. The van der Waals surface area contributed by atoms with Gasteiger partial charge in [-0.15, -0.1) is 0 Å². The second-order valence-electron chi connectivity index (χ2n) is 6.18. The molecule has 0 amide bonds. The van der Waals surface area contributed by atoms with E-state index in [1.165, 1.54) is 16.8 Å². The van der Waals surface area contributed by atoms with E-state index < -0.39 is 0 Å². The Labute approximate surface area is 121 Å². The highest BCUT2D eigenvalue weighted by atomic mass is 16.1. The van der Waals surface area contributed by atoms with E-state index in [0.717, 1.165) is 45.4 Å². The molecule has 1 aromatic carbocycles. The molecule has 1 unspecified atom stereocenters. The van der Waals surface area contributed by atoms with E-state index in [9.17, 15) is 4.79 Å². The van der Waals surface area contributed by atoms with Gasteiger partial charge in [-0.25, -0.2) is 0 Å². The first kappa shape index (κ1) is 13.6. The van der Waals surface area contributed by atoms with Gasteiger partial charge in [0.25, 0.3) is 0 Å². The topological polar surface area (TPSA) is 23.6 Å². The molecule has 2 fully saturated rings. The normalized spacial score (nSPS) is 24.4. The Morgan fingerprint density at radius 3 is 2.50 bits per heavy atom. The van der Waals surface area contributed by atoms with Crippen LogP contribution in [0.5, 0.6) is 0 Å². The van der Waals surface area contributed by atoms with Crippen LogP contribution in [0.2, 0.25) is 0 Å². The predicted molar refractivity (Wildman–Crippen MR) is 82.3 cm³/mol. The third-order valence-corrected chi connectivity index (χ3v) is 4.97. The number of carbonyl (C=O) groups excluding carboxylic acids is 1. The van der Waals surface area contributed by atoms with Crippen LogP contribution in [0.4, 0.5) is 5.69 Å². The highest BCUT2D eigenvalue weighted by Crippen LogP contribution is 2.26. The van der Waals surface area contributed by atoms with Gasteiger partial charge in [-0.05, 0) is 37.5 Å². The molecular weight excluding hydrogens is 248 g/mol. The van der Waals surface area contributed by atoms with Crippen molar-refractivity contribution in [2.45, 2.75) is 39.2 Å². The SMILES string of the molecule is Cc1cccc(N2CCN(C3CCC(=O)C3)CC2)c1C. The fraction of sp³-hybridized carbons (Fsp3) is 0.588. The van der Waals surface area contributed by atoms with Gasteiger partial charge < -0.3 is 4.90 Å². The maximum Gasteiger partial charge on any atom is 0.134 e. The number of benzene rings is 1. The molecular formula is C17H24N2O. The zero-order valence-corrected chi connectivity index (χ0v) is 12.6. The molecule has 0 bridgehead atoms. The van der Waals surface area contributed by atoms with Gasteiger partial charge in [0.05, 0.1) is 0 Å². The minimum atomic E-state index is 0.451. The van der Waals surface area contributed by atoms with Gasteiger partial charge >= 0.3 is 0 Å².